The van der Waals surface area contributed by atoms with Crippen molar-refractivity contribution in [3.8, 4) is 0 Å². The fraction of sp³-hybridized carbons (Fsp3) is 0.214. The van der Waals surface area contributed by atoms with E-state index in [0.29, 0.717) is 6.54 Å². The number of benzene rings is 1. The molecule has 0 radical (unpaired) electrons. The summed E-state index contributed by atoms with van der Waals surface area (Å²) < 4.78 is 1.02. The molecule has 2 rings (SSSR count). The maximum atomic E-state index is 12.1. The lowest BCUT2D eigenvalue weighted by molar-refractivity contribution is 0.0954. The van der Waals surface area contributed by atoms with Crippen molar-refractivity contribution in [3.05, 3.63) is 56.2 Å². The number of thiophene rings is 1. The summed E-state index contributed by atoms with van der Waals surface area (Å²) in [4.78, 5) is 12.9. The van der Waals surface area contributed by atoms with Crippen LogP contribution in [0.2, 0.25) is 0 Å². The van der Waals surface area contributed by atoms with E-state index in [2.05, 4.69) is 28.2 Å². The summed E-state index contributed by atoms with van der Waals surface area (Å²) >= 11 is 4.97. The van der Waals surface area contributed by atoms with Gasteiger partial charge in [-0.1, -0.05) is 41.1 Å². The monoisotopic (exact) mass is 323 g/mol. The molecule has 0 atom stereocenters. The van der Waals surface area contributed by atoms with Crippen molar-refractivity contribution in [1.29, 1.82) is 0 Å². The molecule has 4 heteroatoms. The molecular weight excluding hydrogens is 310 g/mol. The summed E-state index contributed by atoms with van der Waals surface area (Å²) in [5.74, 6) is 0.0117. The second-order valence-corrected chi connectivity index (χ2v) is 5.67. The van der Waals surface area contributed by atoms with Gasteiger partial charge in [0.25, 0.3) is 5.91 Å². The fourth-order valence-corrected chi connectivity index (χ4v) is 3.05. The highest BCUT2D eigenvalue weighted by Crippen LogP contribution is 2.18. The van der Waals surface area contributed by atoms with Gasteiger partial charge in [0.15, 0.2) is 0 Å². The molecule has 0 unspecified atom stereocenters. The molecule has 0 fully saturated rings. The minimum Gasteiger partial charge on any atom is -0.347 e. The van der Waals surface area contributed by atoms with Crippen LogP contribution in [0, 0.1) is 0 Å². The fourth-order valence-electron chi connectivity index (χ4n) is 1.71. The van der Waals surface area contributed by atoms with Crippen molar-refractivity contribution in [3.63, 3.8) is 0 Å². The Morgan fingerprint density at radius 2 is 2.06 bits per heavy atom. The van der Waals surface area contributed by atoms with E-state index in [1.165, 1.54) is 11.3 Å². The van der Waals surface area contributed by atoms with Crippen LogP contribution in [0.4, 0.5) is 0 Å². The summed E-state index contributed by atoms with van der Waals surface area (Å²) in [7, 11) is 0. The van der Waals surface area contributed by atoms with Gasteiger partial charge in [-0.05, 0) is 35.1 Å². The van der Waals surface area contributed by atoms with E-state index in [0.717, 1.165) is 26.9 Å². The molecule has 0 aliphatic rings. The molecule has 94 valence electrons. The molecular formula is C14H14BrNOS. The Morgan fingerprint density at radius 1 is 1.28 bits per heavy atom. The molecule has 2 nitrogen and oxygen atoms in total. The van der Waals surface area contributed by atoms with Crippen LogP contribution in [0.1, 0.15) is 27.7 Å². The number of amides is 1. The minimum absolute atomic E-state index is 0.0117. The van der Waals surface area contributed by atoms with Gasteiger partial charge in [-0.15, -0.1) is 11.3 Å². The van der Waals surface area contributed by atoms with Crippen molar-refractivity contribution in [1.82, 2.24) is 5.32 Å². The van der Waals surface area contributed by atoms with Crippen LogP contribution in [-0.2, 0) is 13.0 Å². The summed E-state index contributed by atoms with van der Waals surface area (Å²) in [6, 6.07) is 9.92. The number of aryl methyl sites for hydroxylation is 1. The first-order valence-corrected chi connectivity index (χ1v) is 7.47. The number of rotatable bonds is 4. The van der Waals surface area contributed by atoms with Crippen molar-refractivity contribution in [2.24, 2.45) is 0 Å². The Bertz CT molecular complexity index is 550. The number of halogens is 1. The first-order valence-electron chi connectivity index (χ1n) is 5.80. The molecule has 0 aliphatic carbocycles. The van der Waals surface area contributed by atoms with Gasteiger partial charge in [0, 0.05) is 11.0 Å². The predicted octanol–water partition coefficient (Wildman–Crippen LogP) is 4.00. The largest absolute Gasteiger partial charge is 0.347 e. The third-order valence-electron chi connectivity index (χ3n) is 2.73. The van der Waals surface area contributed by atoms with Gasteiger partial charge in [-0.3, -0.25) is 4.79 Å². The second-order valence-electron chi connectivity index (χ2n) is 3.90. The van der Waals surface area contributed by atoms with Crippen molar-refractivity contribution in [2.75, 3.05) is 0 Å². The minimum atomic E-state index is 0.0117. The van der Waals surface area contributed by atoms with Gasteiger partial charge >= 0.3 is 0 Å². The zero-order chi connectivity index (χ0) is 13.0. The van der Waals surface area contributed by atoms with Crippen molar-refractivity contribution >= 4 is 33.2 Å². The molecule has 0 saturated carbocycles. The highest BCUT2D eigenvalue weighted by atomic mass is 79.9. The molecule has 18 heavy (non-hydrogen) atoms. The van der Waals surface area contributed by atoms with Crippen LogP contribution in [0.15, 0.2) is 40.2 Å². The Labute approximate surface area is 119 Å². The number of nitrogens with one attached hydrogen (secondary N) is 1. The summed E-state index contributed by atoms with van der Waals surface area (Å²) in [6.07, 6.45) is 0.890. The molecule has 1 amide bonds. The van der Waals surface area contributed by atoms with E-state index in [1.807, 2.05) is 35.7 Å². The van der Waals surface area contributed by atoms with E-state index in [9.17, 15) is 4.79 Å². The average molecular weight is 324 g/mol. The Hall–Kier alpha value is -1.13. The highest BCUT2D eigenvalue weighted by Gasteiger charge is 2.11. The Kier molecular flexibility index (Phi) is 4.55. The maximum Gasteiger partial charge on any atom is 0.261 e. The van der Waals surface area contributed by atoms with Gasteiger partial charge in [0.05, 0.1) is 4.88 Å². The van der Waals surface area contributed by atoms with Gasteiger partial charge in [-0.2, -0.15) is 0 Å². The standard InChI is InChI=1S/C14H14BrNOS/c1-2-10-7-8-18-13(10)14(17)16-9-11-5-3-4-6-12(11)15/h3-8H,2,9H2,1H3,(H,16,17). The number of carbonyl (C=O) groups excluding carboxylic acids is 1. The Morgan fingerprint density at radius 3 is 2.78 bits per heavy atom. The second kappa shape index (κ2) is 6.16. The van der Waals surface area contributed by atoms with Crippen LogP contribution in [0.5, 0.6) is 0 Å². The summed E-state index contributed by atoms with van der Waals surface area (Å²) in [5, 5.41) is 4.92. The third-order valence-corrected chi connectivity index (χ3v) is 4.46. The van der Waals surface area contributed by atoms with Crippen molar-refractivity contribution in [2.45, 2.75) is 19.9 Å². The molecule has 1 heterocycles. The normalized spacial score (nSPS) is 10.3. The molecule has 0 spiro atoms. The van der Waals surface area contributed by atoms with Gasteiger partial charge in [-0.25, -0.2) is 0 Å². The quantitative estimate of drug-likeness (QED) is 0.905. The smallest absolute Gasteiger partial charge is 0.261 e. The van der Waals surface area contributed by atoms with Crippen LogP contribution in [-0.4, -0.2) is 5.91 Å². The molecule has 0 bridgehead atoms. The highest BCUT2D eigenvalue weighted by molar-refractivity contribution is 9.10. The lowest BCUT2D eigenvalue weighted by Gasteiger charge is -2.07. The first kappa shape index (κ1) is 13.3. The average Bonchev–Trinajstić information content (AvgIpc) is 2.86. The number of hydrogen-bond acceptors (Lipinski definition) is 2. The topological polar surface area (TPSA) is 29.1 Å². The summed E-state index contributed by atoms with van der Waals surface area (Å²) in [5.41, 5.74) is 2.20. The lowest BCUT2D eigenvalue weighted by Crippen LogP contribution is -2.22. The maximum absolute atomic E-state index is 12.1. The van der Waals surface area contributed by atoms with E-state index in [-0.39, 0.29) is 5.91 Å². The van der Waals surface area contributed by atoms with E-state index in [1.54, 1.807) is 0 Å². The van der Waals surface area contributed by atoms with Crippen LogP contribution >= 0.6 is 27.3 Å². The van der Waals surface area contributed by atoms with E-state index >= 15 is 0 Å². The van der Waals surface area contributed by atoms with E-state index < -0.39 is 0 Å². The number of hydrogen-bond donors (Lipinski definition) is 1. The van der Waals surface area contributed by atoms with E-state index in [4.69, 9.17) is 0 Å². The SMILES string of the molecule is CCc1ccsc1C(=O)NCc1ccccc1Br. The Balaban J connectivity index is 2.03. The molecule has 1 aromatic heterocycles. The first-order chi connectivity index (χ1) is 8.72. The zero-order valence-corrected chi connectivity index (χ0v) is 12.5. The van der Waals surface area contributed by atoms with Crippen LogP contribution in [0.3, 0.4) is 0 Å². The predicted molar refractivity (Wildman–Crippen MR) is 79.0 cm³/mol. The molecule has 1 N–H and O–H groups in total. The summed E-state index contributed by atoms with van der Waals surface area (Å²) in [6.45, 7) is 2.61. The van der Waals surface area contributed by atoms with Gasteiger partial charge in [0.1, 0.15) is 0 Å². The van der Waals surface area contributed by atoms with Gasteiger partial charge in [0.2, 0.25) is 0 Å². The lowest BCUT2D eigenvalue weighted by atomic mass is 10.2. The number of carbonyl (C=O) groups is 1. The molecule has 1 aromatic carbocycles. The molecule has 0 aliphatic heterocycles. The van der Waals surface area contributed by atoms with Crippen LogP contribution in [0.25, 0.3) is 0 Å². The van der Waals surface area contributed by atoms with Crippen LogP contribution < -0.4 is 5.32 Å². The molecule has 2 aromatic rings. The third kappa shape index (κ3) is 3.00. The zero-order valence-electron chi connectivity index (χ0n) is 10.1. The van der Waals surface area contributed by atoms with Gasteiger partial charge < -0.3 is 5.32 Å². The molecule has 0 saturated heterocycles. The van der Waals surface area contributed by atoms with Crippen molar-refractivity contribution < 1.29 is 4.79 Å².